The molecule has 4 nitrogen and oxygen atoms in total. The van der Waals surface area contributed by atoms with Crippen LogP contribution >= 0.6 is 20.5 Å². The number of unbranched alkanes of at least 4 members (excludes halogenated alkanes) is 1. The lowest BCUT2D eigenvalue weighted by Crippen LogP contribution is -2.28. The third-order valence-corrected chi connectivity index (χ3v) is 1.81. The van der Waals surface area contributed by atoms with Gasteiger partial charge in [0, 0.05) is 6.04 Å². The maximum Gasteiger partial charge on any atom is 0.367 e. The molecule has 0 aromatic carbocycles. The van der Waals surface area contributed by atoms with Gasteiger partial charge in [-0.2, -0.15) is 0 Å². The lowest BCUT2D eigenvalue weighted by molar-refractivity contribution is 0.400. The predicted molar refractivity (Wildman–Crippen MR) is 63.8 cm³/mol. The van der Waals surface area contributed by atoms with Gasteiger partial charge in [-0.15, -0.1) is 0 Å². The van der Waals surface area contributed by atoms with Crippen LogP contribution in [0.3, 0.4) is 0 Å². The molecule has 0 aliphatic heterocycles. The molecule has 86 valence electrons. The summed E-state index contributed by atoms with van der Waals surface area (Å²) in [7, 11) is -2.93. The first kappa shape index (κ1) is 16.3. The highest BCUT2D eigenvalue weighted by molar-refractivity contribution is 7.80. The average Bonchev–Trinajstić information content (AvgIpc) is 2.01. The topological polar surface area (TPSA) is 58.6 Å². The van der Waals surface area contributed by atoms with Gasteiger partial charge in [0.1, 0.15) is 0 Å². The Kier molecular flexibility index (Phi) is 12.8. The van der Waals surface area contributed by atoms with Crippen LogP contribution in [0.2, 0.25) is 0 Å². The summed E-state index contributed by atoms with van der Waals surface area (Å²) in [6, 6.07) is 0.119. The molecule has 14 heavy (non-hydrogen) atoms. The number of nitrogens with one attached hydrogen (secondary N) is 1. The molecule has 0 amide bonds. The Labute approximate surface area is 92.0 Å². The van der Waals surface area contributed by atoms with Crippen molar-refractivity contribution in [1.29, 1.82) is 0 Å². The largest absolute Gasteiger partial charge is 0.400 e. The van der Waals surface area contributed by atoms with Gasteiger partial charge >= 0.3 is 8.25 Å². The number of rotatable bonds is 3. The van der Waals surface area contributed by atoms with E-state index < -0.39 is 8.25 Å². The molecule has 0 radical (unpaired) electrons. The highest BCUT2D eigenvalue weighted by Gasteiger charge is 2.00. The molecule has 0 rings (SSSR count). The third-order valence-electron chi connectivity index (χ3n) is 1.09. The van der Waals surface area contributed by atoms with E-state index in [2.05, 4.69) is 35.9 Å². The highest BCUT2D eigenvalue weighted by atomic mass is 32.1. The van der Waals surface area contributed by atoms with Crippen molar-refractivity contribution in [3.8, 4) is 0 Å². The van der Waals surface area contributed by atoms with Gasteiger partial charge in [-0.1, -0.05) is 26.7 Å². The summed E-state index contributed by atoms with van der Waals surface area (Å²) >= 11 is 4.54. The zero-order chi connectivity index (χ0) is 11.6. The molecule has 0 aliphatic carbocycles. The van der Waals surface area contributed by atoms with E-state index in [1.165, 1.54) is 12.8 Å². The predicted octanol–water partition coefficient (Wildman–Crippen LogP) is 2.47. The molecule has 0 heterocycles. The fraction of sp³-hybridized carbons (Fsp3) is 0.875. The molecule has 0 saturated heterocycles. The van der Waals surface area contributed by atoms with Crippen LogP contribution in [0.4, 0.5) is 0 Å². The minimum atomic E-state index is -2.93. The van der Waals surface area contributed by atoms with Crippen molar-refractivity contribution in [2.24, 2.45) is 0 Å². The van der Waals surface area contributed by atoms with Gasteiger partial charge in [0.05, 0.1) is 0 Å². The van der Waals surface area contributed by atoms with Crippen LogP contribution in [0.5, 0.6) is 0 Å². The maximum absolute atomic E-state index is 10.0. The van der Waals surface area contributed by atoms with Crippen LogP contribution in [0.1, 0.15) is 40.5 Å². The van der Waals surface area contributed by atoms with Crippen molar-refractivity contribution in [1.82, 2.24) is 5.32 Å². The molecule has 6 heteroatoms. The Morgan fingerprint density at radius 3 is 2.14 bits per heavy atom. The summed E-state index contributed by atoms with van der Waals surface area (Å²) < 4.78 is 14.3. The molecule has 0 aromatic rings. The average molecular weight is 241 g/mol. The van der Waals surface area contributed by atoms with Crippen molar-refractivity contribution in [3.63, 3.8) is 0 Å². The van der Waals surface area contributed by atoms with Crippen LogP contribution in [-0.2, 0) is 9.09 Å². The van der Waals surface area contributed by atoms with E-state index in [1.54, 1.807) is 0 Å². The zero-order valence-corrected chi connectivity index (χ0v) is 11.0. The van der Waals surface area contributed by atoms with Crippen LogP contribution in [0.25, 0.3) is 0 Å². The van der Waals surface area contributed by atoms with Gasteiger partial charge in [0.25, 0.3) is 5.17 Å². The van der Waals surface area contributed by atoms with E-state index in [-0.39, 0.29) is 11.2 Å². The van der Waals surface area contributed by atoms with Gasteiger partial charge in [-0.3, -0.25) is 0 Å². The molecule has 1 unspecified atom stereocenters. The van der Waals surface area contributed by atoms with Crippen LogP contribution in [-0.4, -0.2) is 16.1 Å². The fourth-order valence-electron chi connectivity index (χ4n) is 0.344. The number of hydrogen-bond donors (Lipinski definition) is 2. The minimum absolute atomic E-state index is 0.0265. The van der Waals surface area contributed by atoms with Gasteiger partial charge < -0.3 is 14.7 Å². The third kappa shape index (κ3) is 17.8. The second-order valence-corrected chi connectivity index (χ2v) is 4.06. The first-order valence-corrected chi connectivity index (χ1v) is 6.32. The van der Waals surface area contributed by atoms with Crippen LogP contribution in [0.15, 0.2) is 0 Å². The van der Waals surface area contributed by atoms with E-state index in [0.717, 1.165) is 0 Å². The summed E-state index contributed by atoms with van der Waals surface area (Å²) in [6.07, 6.45) is 2.64. The molecule has 0 aliphatic rings. The van der Waals surface area contributed by atoms with E-state index in [4.69, 9.17) is 4.89 Å². The van der Waals surface area contributed by atoms with Crippen LogP contribution < -0.4 is 5.32 Å². The molecule has 1 atom stereocenters. The molecule has 0 fully saturated rings. The molecule has 2 N–H and O–H groups in total. The van der Waals surface area contributed by atoms with Crippen molar-refractivity contribution < 1.29 is 14.0 Å². The smallest absolute Gasteiger partial charge is 0.367 e. The molecule has 0 aromatic heterocycles. The second-order valence-electron chi connectivity index (χ2n) is 2.95. The van der Waals surface area contributed by atoms with Gasteiger partial charge in [-0.25, -0.2) is 4.57 Å². The summed E-state index contributed by atoms with van der Waals surface area (Å²) in [5.41, 5.74) is 0. The monoisotopic (exact) mass is 241 g/mol. The van der Waals surface area contributed by atoms with Crippen molar-refractivity contribution in [2.75, 3.05) is 0 Å². The maximum atomic E-state index is 10.0. The van der Waals surface area contributed by atoms with Gasteiger partial charge in [0.2, 0.25) is 0 Å². The minimum Gasteiger partial charge on any atom is -0.400 e. The first-order chi connectivity index (χ1) is 6.43. The highest BCUT2D eigenvalue weighted by Crippen LogP contribution is 2.14. The lowest BCUT2D eigenvalue weighted by Gasteiger charge is -2.08. The van der Waals surface area contributed by atoms with Crippen molar-refractivity contribution in [3.05, 3.63) is 0 Å². The Hall–Kier alpha value is -0.120. The second kappa shape index (κ2) is 11.0. The number of hydrogen-bond acceptors (Lipinski definition) is 3. The lowest BCUT2D eigenvalue weighted by atomic mass is 10.4. The Morgan fingerprint density at radius 2 is 1.93 bits per heavy atom. The van der Waals surface area contributed by atoms with E-state index in [1.807, 2.05) is 13.8 Å². The standard InChI is InChI=1S/C4H10NO3PS.C4H10/c1-3(2)5-4(10)8-9(6)7;1-3-4-2/h3,9H,1-2H3,(H,5,10)(H,6,7);3-4H2,1-2H3. The molecule has 0 bridgehead atoms. The quantitative estimate of drug-likeness (QED) is 0.587. The normalized spacial score (nSPS) is 11.3. The molecule has 0 saturated carbocycles. The fourth-order valence-corrected chi connectivity index (χ4v) is 1.01. The van der Waals surface area contributed by atoms with Gasteiger partial charge in [-0.05, 0) is 26.1 Å². The summed E-state index contributed by atoms with van der Waals surface area (Å²) in [6.45, 7) is 8.06. The summed E-state index contributed by atoms with van der Waals surface area (Å²) in [5.74, 6) is 0. The molecular formula is C8H20NO3PS. The summed E-state index contributed by atoms with van der Waals surface area (Å²) in [5, 5.41) is 2.62. The van der Waals surface area contributed by atoms with E-state index in [0.29, 0.717) is 0 Å². The number of thiocarbonyl (C=S) groups is 1. The van der Waals surface area contributed by atoms with Crippen molar-refractivity contribution >= 4 is 25.6 Å². The Morgan fingerprint density at radius 1 is 1.50 bits per heavy atom. The molecule has 0 spiro atoms. The van der Waals surface area contributed by atoms with E-state index in [9.17, 15) is 4.57 Å². The van der Waals surface area contributed by atoms with Crippen molar-refractivity contribution in [2.45, 2.75) is 46.6 Å². The van der Waals surface area contributed by atoms with Gasteiger partial charge in [0.15, 0.2) is 0 Å². The summed E-state index contributed by atoms with van der Waals surface area (Å²) in [4.78, 5) is 8.23. The Balaban J connectivity index is 0. The first-order valence-electron chi connectivity index (χ1n) is 4.65. The zero-order valence-electron chi connectivity index (χ0n) is 9.16. The SMILES string of the molecule is CC(C)NC(=S)O[PH](=O)O.CCCC. The molecular weight excluding hydrogens is 221 g/mol. The Bertz CT molecular complexity index is 174. The van der Waals surface area contributed by atoms with E-state index >= 15 is 0 Å². The van der Waals surface area contributed by atoms with Crippen LogP contribution in [0, 0.1) is 0 Å².